The van der Waals surface area contributed by atoms with Gasteiger partial charge in [0.15, 0.2) is 0 Å². The van der Waals surface area contributed by atoms with Crippen LogP contribution < -0.4 is 5.73 Å². The minimum absolute atomic E-state index is 0.375. The van der Waals surface area contributed by atoms with Gasteiger partial charge in [0, 0.05) is 12.0 Å². The van der Waals surface area contributed by atoms with Crippen LogP contribution in [-0.4, -0.2) is 23.9 Å². The van der Waals surface area contributed by atoms with Crippen molar-refractivity contribution in [1.29, 1.82) is 0 Å². The van der Waals surface area contributed by atoms with Crippen LogP contribution in [0.3, 0.4) is 0 Å². The Morgan fingerprint density at radius 2 is 2.00 bits per heavy atom. The number of thioether (sulfide) groups is 1. The van der Waals surface area contributed by atoms with Crippen LogP contribution >= 0.6 is 11.8 Å². The molecule has 3 heteroatoms. The number of hydrogen-bond acceptors (Lipinski definition) is 2. The molecule has 0 aliphatic heterocycles. The third-order valence-corrected chi connectivity index (χ3v) is 2.34. The lowest BCUT2D eigenvalue weighted by Gasteiger charge is -2.09. The van der Waals surface area contributed by atoms with E-state index in [0.29, 0.717) is 12.0 Å². The highest BCUT2D eigenvalue weighted by molar-refractivity contribution is 7.98. The topological polar surface area (TPSA) is 38.4 Å². The van der Waals surface area contributed by atoms with E-state index in [1.807, 2.05) is 11.8 Å². The summed E-state index contributed by atoms with van der Waals surface area (Å²) >= 11 is 1.86. The second-order valence-electron chi connectivity index (χ2n) is 3.34. The van der Waals surface area contributed by atoms with E-state index in [2.05, 4.69) is 32.0 Å². The summed E-state index contributed by atoms with van der Waals surface area (Å²) in [5.74, 6) is 2.32. The first-order chi connectivity index (χ1) is 5.57. The van der Waals surface area contributed by atoms with Crippen LogP contribution in [0.4, 0.5) is 0 Å². The van der Waals surface area contributed by atoms with Crippen molar-refractivity contribution in [3.63, 3.8) is 0 Å². The Morgan fingerprint density at radius 1 is 1.42 bits per heavy atom. The predicted molar refractivity (Wildman–Crippen MR) is 58.9 cm³/mol. The summed E-state index contributed by atoms with van der Waals surface area (Å²) in [6, 6.07) is 0.375. The first-order valence-corrected chi connectivity index (χ1v) is 5.79. The lowest BCUT2D eigenvalue weighted by atomic mass is 10.2. The van der Waals surface area contributed by atoms with Crippen LogP contribution in [0.1, 0.15) is 27.2 Å². The van der Waals surface area contributed by atoms with Crippen molar-refractivity contribution in [2.45, 2.75) is 33.2 Å². The highest BCUT2D eigenvalue weighted by Gasteiger charge is 2.02. The number of hydrogen-bond donors (Lipinski definition) is 1. The summed E-state index contributed by atoms with van der Waals surface area (Å²) in [6.45, 7) is 6.26. The van der Waals surface area contributed by atoms with Gasteiger partial charge in [-0.05, 0) is 25.4 Å². The molecule has 0 heterocycles. The van der Waals surface area contributed by atoms with E-state index in [-0.39, 0.29) is 0 Å². The fraction of sp³-hybridized carbons (Fsp3) is 0.889. The average molecular weight is 188 g/mol. The summed E-state index contributed by atoms with van der Waals surface area (Å²) < 4.78 is 0. The maximum atomic E-state index is 5.73. The average Bonchev–Trinajstić information content (AvgIpc) is 2.00. The smallest absolute Gasteiger partial charge is 0.0966 e. The predicted octanol–water partition coefficient (Wildman–Crippen LogP) is 2.14. The van der Waals surface area contributed by atoms with Crippen LogP contribution in [-0.2, 0) is 0 Å². The van der Waals surface area contributed by atoms with Gasteiger partial charge in [-0.15, -0.1) is 0 Å². The molecule has 0 aliphatic carbocycles. The fourth-order valence-electron chi connectivity index (χ4n) is 0.757. The maximum Gasteiger partial charge on any atom is 0.0966 e. The SMILES string of the molecule is CSCCC(C)N=C(N)C(C)C. The van der Waals surface area contributed by atoms with Gasteiger partial charge in [-0.3, -0.25) is 4.99 Å². The van der Waals surface area contributed by atoms with Crippen molar-refractivity contribution in [2.75, 3.05) is 12.0 Å². The summed E-state index contributed by atoms with van der Waals surface area (Å²) in [4.78, 5) is 4.40. The minimum Gasteiger partial charge on any atom is -0.387 e. The molecule has 0 aromatic carbocycles. The number of aliphatic imine (C=N–C) groups is 1. The van der Waals surface area contributed by atoms with E-state index in [4.69, 9.17) is 5.73 Å². The molecule has 0 spiro atoms. The highest BCUT2D eigenvalue weighted by atomic mass is 32.2. The van der Waals surface area contributed by atoms with Gasteiger partial charge in [0.05, 0.1) is 5.84 Å². The van der Waals surface area contributed by atoms with Crippen LogP contribution in [0.15, 0.2) is 4.99 Å². The summed E-state index contributed by atoms with van der Waals surface area (Å²) in [5.41, 5.74) is 5.73. The molecule has 0 radical (unpaired) electrons. The van der Waals surface area contributed by atoms with Crippen molar-refractivity contribution >= 4 is 17.6 Å². The van der Waals surface area contributed by atoms with Gasteiger partial charge >= 0.3 is 0 Å². The minimum atomic E-state index is 0.375. The highest BCUT2D eigenvalue weighted by Crippen LogP contribution is 2.04. The molecular weight excluding hydrogens is 168 g/mol. The van der Waals surface area contributed by atoms with Gasteiger partial charge in [0.25, 0.3) is 0 Å². The lowest BCUT2D eigenvalue weighted by Crippen LogP contribution is -2.21. The molecule has 0 amide bonds. The molecule has 0 aliphatic rings. The molecule has 0 rings (SSSR count). The molecule has 2 N–H and O–H groups in total. The molecule has 0 aromatic rings. The van der Waals surface area contributed by atoms with E-state index in [0.717, 1.165) is 18.0 Å². The maximum absolute atomic E-state index is 5.73. The number of nitrogens with two attached hydrogens (primary N) is 1. The monoisotopic (exact) mass is 188 g/mol. The van der Waals surface area contributed by atoms with Crippen molar-refractivity contribution in [3.8, 4) is 0 Å². The van der Waals surface area contributed by atoms with Gasteiger partial charge in [-0.2, -0.15) is 11.8 Å². The molecule has 0 saturated heterocycles. The van der Waals surface area contributed by atoms with E-state index >= 15 is 0 Å². The Labute approximate surface area is 80.0 Å². The Balaban J connectivity index is 3.79. The molecule has 1 atom stereocenters. The zero-order valence-electron chi connectivity index (χ0n) is 8.50. The molecule has 2 nitrogen and oxygen atoms in total. The van der Waals surface area contributed by atoms with Crippen molar-refractivity contribution < 1.29 is 0 Å². The first-order valence-electron chi connectivity index (χ1n) is 4.40. The third kappa shape index (κ3) is 5.47. The third-order valence-electron chi connectivity index (χ3n) is 1.70. The van der Waals surface area contributed by atoms with E-state index in [1.165, 1.54) is 0 Å². The molecule has 0 fully saturated rings. The Morgan fingerprint density at radius 3 is 2.42 bits per heavy atom. The van der Waals surface area contributed by atoms with Gasteiger partial charge < -0.3 is 5.73 Å². The molecular formula is C9H20N2S. The molecule has 72 valence electrons. The zero-order chi connectivity index (χ0) is 9.56. The van der Waals surface area contributed by atoms with Crippen LogP contribution in [0.25, 0.3) is 0 Å². The number of nitrogens with zero attached hydrogens (tertiary/aromatic N) is 1. The van der Waals surface area contributed by atoms with E-state index in [1.54, 1.807) is 0 Å². The fourth-order valence-corrected chi connectivity index (χ4v) is 1.33. The second-order valence-corrected chi connectivity index (χ2v) is 4.32. The molecule has 0 saturated carbocycles. The van der Waals surface area contributed by atoms with Gasteiger partial charge in [-0.25, -0.2) is 0 Å². The molecule has 1 unspecified atom stereocenters. The normalized spacial score (nSPS) is 15.2. The van der Waals surface area contributed by atoms with Gasteiger partial charge in [0.2, 0.25) is 0 Å². The summed E-state index contributed by atoms with van der Waals surface area (Å²) in [6.07, 6.45) is 3.23. The van der Waals surface area contributed by atoms with Gasteiger partial charge in [0.1, 0.15) is 0 Å². The summed E-state index contributed by atoms with van der Waals surface area (Å²) in [7, 11) is 0. The summed E-state index contributed by atoms with van der Waals surface area (Å²) in [5, 5.41) is 0. The first kappa shape index (κ1) is 11.8. The van der Waals surface area contributed by atoms with Crippen LogP contribution in [0, 0.1) is 5.92 Å². The standard InChI is InChI=1S/C9H20N2S/c1-7(2)9(10)11-8(3)5-6-12-4/h7-8H,5-6H2,1-4H3,(H2,10,11). The molecule has 0 bridgehead atoms. The number of rotatable bonds is 5. The zero-order valence-corrected chi connectivity index (χ0v) is 9.32. The van der Waals surface area contributed by atoms with Crippen molar-refractivity contribution in [3.05, 3.63) is 0 Å². The van der Waals surface area contributed by atoms with E-state index < -0.39 is 0 Å². The molecule has 12 heavy (non-hydrogen) atoms. The lowest BCUT2D eigenvalue weighted by molar-refractivity contribution is 0.708. The van der Waals surface area contributed by atoms with Crippen molar-refractivity contribution in [2.24, 2.45) is 16.6 Å². The quantitative estimate of drug-likeness (QED) is 0.530. The Hall–Kier alpha value is -0.180. The Bertz CT molecular complexity index is 143. The van der Waals surface area contributed by atoms with Crippen molar-refractivity contribution in [1.82, 2.24) is 0 Å². The number of amidine groups is 1. The Kier molecular flexibility index (Phi) is 6.25. The second kappa shape index (κ2) is 6.35. The molecule has 0 aromatic heterocycles. The van der Waals surface area contributed by atoms with Gasteiger partial charge in [-0.1, -0.05) is 13.8 Å². The van der Waals surface area contributed by atoms with Crippen LogP contribution in [0.2, 0.25) is 0 Å². The van der Waals surface area contributed by atoms with Crippen LogP contribution in [0.5, 0.6) is 0 Å². The van der Waals surface area contributed by atoms with E-state index in [9.17, 15) is 0 Å². The largest absolute Gasteiger partial charge is 0.387 e.